The first-order chi connectivity index (χ1) is 31.1. The summed E-state index contributed by atoms with van der Waals surface area (Å²) in [4.78, 5) is 57.8. The summed E-state index contributed by atoms with van der Waals surface area (Å²) in [5, 5.41) is 22.1. The molecule has 0 bridgehead atoms. The minimum atomic E-state index is -0.988. The Morgan fingerprint density at radius 3 is 2.33 bits per heavy atom. The second-order valence-electron chi connectivity index (χ2n) is 17.6. The number of carbonyl (C=O) groups excluding carboxylic acids is 3. The van der Waals surface area contributed by atoms with Gasteiger partial charge >= 0.3 is 0 Å². The molecule has 6 aromatic rings. The zero-order valence-electron chi connectivity index (χ0n) is 36.2. The number of anilines is 3. The standard InChI is InChI=1S/C49H52N10O5/c1-31-45-42(59(55-31)29-33-5-11-39(64-2)12-6-33)27-51-48(54-45)52-43-15-7-35(26-50-43)34-17-21-57(22-18-34)38-9-3-32(4-10-38)28-56-23-19-49(63,20-24-56)37-8-13-40-36(25-37)30-58(47(40)62)41-14-16-44(60)53-46(41)61/h3-13,15,25-27,34,41,63H,14,16-24,28-30H2,1-2H3,(H,53,60,61)(H,50,51,52,54). The zero-order valence-corrected chi connectivity index (χ0v) is 36.2. The van der Waals surface area contributed by atoms with Gasteiger partial charge in [0.15, 0.2) is 0 Å². The molecule has 10 rings (SSSR count). The van der Waals surface area contributed by atoms with Gasteiger partial charge in [-0.05, 0) is 109 Å². The lowest BCUT2D eigenvalue weighted by atomic mass is 9.83. The van der Waals surface area contributed by atoms with Crippen LogP contribution in [0.4, 0.5) is 17.5 Å². The van der Waals surface area contributed by atoms with Crippen molar-refractivity contribution >= 4 is 46.2 Å². The number of amides is 3. The minimum Gasteiger partial charge on any atom is -0.497 e. The van der Waals surface area contributed by atoms with E-state index in [2.05, 4.69) is 55.7 Å². The Hall–Kier alpha value is -6.71. The van der Waals surface area contributed by atoms with Crippen LogP contribution in [0.1, 0.15) is 88.3 Å². The third-order valence-electron chi connectivity index (χ3n) is 13.6. The Morgan fingerprint density at radius 2 is 1.61 bits per heavy atom. The highest BCUT2D eigenvalue weighted by atomic mass is 16.5. The van der Waals surface area contributed by atoms with Crippen molar-refractivity contribution in [1.29, 1.82) is 0 Å². The topological polar surface area (TPSA) is 171 Å². The van der Waals surface area contributed by atoms with Crippen molar-refractivity contribution in [2.45, 2.75) is 82.6 Å². The smallest absolute Gasteiger partial charge is 0.255 e. The second kappa shape index (κ2) is 17.1. The monoisotopic (exact) mass is 860 g/mol. The summed E-state index contributed by atoms with van der Waals surface area (Å²) >= 11 is 0. The third-order valence-corrected chi connectivity index (χ3v) is 13.6. The van der Waals surface area contributed by atoms with Crippen LogP contribution in [-0.4, -0.2) is 96.7 Å². The maximum absolute atomic E-state index is 13.2. The number of imide groups is 1. The van der Waals surface area contributed by atoms with Crippen LogP contribution < -0.4 is 20.3 Å². The Bertz CT molecular complexity index is 2700. The number of hydrogen-bond acceptors (Lipinski definition) is 12. The van der Waals surface area contributed by atoms with Crippen LogP contribution >= 0.6 is 0 Å². The summed E-state index contributed by atoms with van der Waals surface area (Å²) in [7, 11) is 1.66. The van der Waals surface area contributed by atoms with Crippen molar-refractivity contribution in [3.63, 3.8) is 0 Å². The lowest BCUT2D eigenvalue weighted by molar-refractivity contribution is -0.136. The normalized spacial score (nSPS) is 19.2. The highest BCUT2D eigenvalue weighted by molar-refractivity contribution is 6.05. The van der Waals surface area contributed by atoms with Crippen molar-refractivity contribution in [2.75, 3.05) is 43.5 Å². The molecule has 3 aromatic heterocycles. The van der Waals surface area contributed by atoms with E-state index in [1.807, 2.05) is 66.5 Å². The van der Waals surface area contributed by atoms with E-state index in [0.717, 1.165) is 84.7 Å². The van der Waals surface area contributed by atoms with E-state index in [4.69, 9.17) is 19.8 Å². The summed E-state index contributed by atoms with van der Waals surface area (Å²) in [5.74, 6) is 1.51. The molecule has 3 amide bonds. The van der Waals surface area contributed by atoms with Crippen LogP contribution in [-0.2, 0) is 34.8 Å². The van der Waals surface area contributed by atoms with Crippen LogP contribution in [0.3, 0.4) is 0 Å². The van der Waals surface area contributed by atoms with Crippen molar-refractivity contribution in [1.82, 2.24) is 39.8 Å². The molecule has 3 N–H and O–H groups in total. The Morgan fingerprint density at radius 1 is 0.859 bits per heavy atom. The number of ether oxygens (including phenoxy) is 1. The Labute approximate surface area is 371 Å². The Kier molecular flexibility index (Phi) is 11.0. The van der Waals surface area contributed by atoms with Gasteiger partial charge in [-0.2, -0.15) is 5.10 Å². The number of piperidine rings is 3. The molecule has 3 fully saturated rings. The number of methoxy groups -OCH3 is 1. The molecule has 15 nitrogen and oxygen atoms in total. The molecule has 3 saturated heterocycles. The van der Waals surface area contributed by atoms with Gasteiger partial charge in [-0.25, -0.2) is 15.0 Å². The SMILES string of the molecule is COc1ccc(Cn2nc(C)c3nc(Nc4ccc(C5CCN(c6ccc(CN7CCC(O)(c8ccc9c(c8)CN(C8CCC(=O)NC8=O)C9=O)CC7)cc6)CC5)cn4)ncc32)cc1. The molecule has 1 atom stereocenters. The van der Waals surface area contributed by atoms with E-state index in [1.165, 1.54) is 16.8 Å². The number of pyridine rings is 1. The number of fused-ring (bicyclic) bond motifs is 2. The van der Waals surface area contributed by atoms with Crippen molar-refractivity contribution in [3.8, 4) is 5.75 Å². The molecule has 7 heterocycles. The number of rotatable bonds is 11. The molecule has 15 heteroatoms. The quantitative estimate of drug-likeness (QED) is 0.131. The largest absolute Gasteiger partial charge is 0.497 e. The first-order valence-corrected chi connectivity index (χ1v) is 22.2. The van der Waals surface area contributed by atoms with E-state index in [9.17, 15) is 19.5 Å². The summed E-state index contributed by atoms with van der Waals surface area (Å²) in [5.41, 5.74) is 8.54. The fourth-order valence-electron chi connectivity index (χ4n) is 9.81. The fraction of sp³-hybridized carbons (Fsp3) is 0.367. The molecule has 0 radical (unpaired) electrons. The maximum Gasteiger partial charge on any atom is 0.255 e. The van der Waals surface area contributed by atoms with Gasteiger partial charge in [-0.15, -0.1) is 0 Å². The van der Waals surface area contributed by atoms with Crippen molar-refractivity contribution < 1.29 is 24.2 Å². The zero-order chi connectivity index (χ0) is 44.0. The molecule has 4 aliphatic rings. The van der Waals surface area contributed by atoms with E-state index in [0.29, 0.717) is 55.6 Å². The van der Waals surface area contributed by atoms with Gasteiger partial charge < -0.3 is 25.0 Å². The van der Waals surface area contributed by atoms with E-state index < -0.39 is 17.6 Å². The predicted octanol–water partition coefficient (Wildman–Crippen LogP) is 5.96. The lowest BCUT2D eigenvalue weighted by Gasteiger charge is -2.39. The first-order valence-electron chi connectivity index (χ1n) is 22.2. The van der Waals surface area contributed by atoms with Gasteiger partial charge in [0.1, 0.15) is 28.6 Å². The number of likely N-dealkylation sites (tertiary alicyclic amines) is 1. The van der Waals surface area contributed by atoms with Gasteiger partial charge in [-0.1, -0.05) is 42.5 Å². The number of hydrogen-bond donors (Lipinski definition) is 3. The third kappa shape index (κ3) is 8.28. The van der Waals surface area contributed by atoms with E-state index in [-0.39, 0.29) is 18.2 Å². The average molecular weight is 861 g/mol. The van der Waals surface area contributed by atoms with Gasteiger partial charge in [0.05, 0.1) is 31.1 Å². The van der Waals surface area contributed by atoms with Gasteiger partial charge in [0.2, 0.25) is 17.8 Å². The predicted molar refractivity (Wildman–Crippen MR) is 241 cm³/mol. The van der Waals surface area contributed by atoms with E-state index >= 15 is 0 Å². The van der Waals surface area contributed by atoms with Crippen LogP contribution in [0, 0.1) is 6.92 Å². The van der Waals surface area contributed by atoms with Crippen molar-refractivity contribution in [2.24, 2.45) is 0 Å². The number of nitrogens with zero attached hydrogens (tertiary/aromatic N) is 8. The number of nitrogens with one attached hydrogen (secondary N) is 2. The first kappa shape index (κ1) is 41.3. The van der Waals surface area contributed by atoms with Crippen molar-refractivity contribution in [3.05, 3.63) is 130 Å². The van der Waals surface area contributed by atoms with Crippen LogP contribution in [0.2, 0.25) is 0 Å². The summed E-state index contributed by atoms with van der Waals surface area (Å²) in [6.07, 6.45) is 7.60. The molecule has 3 aromatic carbocycles. The highest BCUT2D eigenvalue weighted by Crippen LogP contribution is 2.37. The average Bonchev–Trinajstić information content (AvgIpc) is 3.81. The summed E-state index contributed by atoms with van der Waals surface area (Å²) in [6.45, 7) is 7.12. The lowest BCUT2D eigenvalue weighted by Crippen LogP contribution is -2.52. The van der Waals surface area contributed by atoms with Gasteiger partial charge in [0.25, 0.3) is 5.91 Å². The number of aliphatic hydroxyl groups is 1. The maximum atomic E-state index is 13.2. The fourth-order valence-corrected chi connectivity index (χ4v) is 9.81. The molecule has 0 aliphatic carbocycles. The number of carbonyl (C=O) groups is 3. The highest BCUT2D eigenvalue weighted by Gasteiger charge is 2.41. The molecule has 0 spiro atoms. The number of aromatic nitrogens is 5. The second-order valence-corrected chi connectivity index (χ2v) is 17.6. The molecular weight excluding hydrogens is 809 g/mol. The minimum absolute atomic E-state index is 0.203. The Balaban J connectivity index is 0.687. The number of aryl methyl sites for hydroxylation is 1. The van der Waals surface area contributed by atoms with Crippen LogP contribution in [0.25, 0.3) is 11.0 Å². The molecule has 1 unspecified atom stereocenters. The molecular formula is C49H52N10O5. The van der Waals surface area contributed by atoms with E-state index in [1.54, 1.807) is 18.1 Å². The molecule has 4 aliphatic heterocycles. The van der Waals surface area contributed by atoms with Gasteiger partial charge in [0, 0.05) is 63.1 Å². The van der Waals surface area contributed by atoms with Crippen LogP contribution in [0.5, 0.6) is 5.75 Å². The molecule has 0 saturated carbocycles. The summed E-state index contributed by atoms with van der Waals surface area (Å²) < 4.78 is 7.21. The molecule has 64 heavy (non-hydrogen) atoms. The summed E-state index contributed by atoms with van der Waals surface area (Å²) in [6, 6.07) is 26.0. The molecule has 328 valence electrons. The number of benzene rings is 3. The van der Waals surface area contributed by atoms with Gasteiger partial charge in [-0.3, -0.25) is 29.3 Å². The van der Waals surface area contributed by atoms with Crippen LogP contribution in [0.15, 0.2) is 91.3 Å².